The molecule has 8 aromatic carbocycles. The van der Waals surface area contributed by atoms with Gasteiger partial charge in [0.25, 0.3) is 0 Å². The normalized spacial score (nSPS) is 13.5. The molecule has 2 aliphatic carbocycles. The lowest BCUT2D eigenvalue weighted by molar-refractivity contribution is 0.797. The monoisotopic (exact) mass is 620 g/mol. The highest BCUT2D eigenvalue weighted by atomic mass is 14.9. The Hall–Kier alpha value is -6.38. The molecule has 2 nitrogen and oxygen atoms in total. The lowest BCUT2D eigenvalue weighted by Crippen LogP contribution is -2.26. The van der Waals surface area contributed by atoms with E-state index in [1.54, 1.807) is 0 Å². The third kappa shape index (κ3) is 3.55. The fraction of sp³-hybridized carbons (Fsp3) is 0.0213. The summed E-state index contributed by atoms with van der Waals surface area (Å²) in [5, 5.41) is 6.40. The minimum absolute atomic E-state index is 0.372. The standard InChI is InChI=1S/C47H28N2/c1-2-10-29(11-3-1)30-20-24-33(25-21-30)45-36-15-5-7-19-42(36)48-46(49-45)34-26-27-39-37(28-34)35-14-4-6-16-38(35)47(39)40-17-8-12-31-22-23-32-13-9-18-41(47)44(32)43(31)40/h1-28H. The molecule has 0 bridgehead atoms. The van der Waals surface area contributed by atoms with Gasteiger partial charge in [0.2, 0.25) is 0 Å². The van der Waals surface area contributed by atoms with Gasteiger partial charge in [-0.25, -0.2) is 9.97 Å². The highest BCUT2D eigenvalue weighted by Crippen LogP contribution is 2.62. The maximum Gasteiger partial charge on any atom is 0.160 e. The van der Waals surface area contributed by atoms with Crippen LogP contribution >= 0.6 is 0 Å². The van der Waals surface area contributed by atoms with Gasteiger partial charge < -0.3 is 0 Å². The van der Waals surface area contributed by atoms with Crippen molar-refractivity contribution in [3.8, 4) is 44.9 Å². The van der Waals surface area contributed by atoms with Gasteiger partial charge in [-0.1, -0.05) is 158 Å². The first-order chi connectivity index (χ1) is 24.3. The molecule has 11 rings (SSSR count). The van der Waals surface area contributed by atoms with Crippen molar-refractivity contribution in [1.29, 1.82) is 0 Å². The van der Waals surface area contributed by atoms with E-state index in [0.29, 0.717) is 0 Å². The van der Waals surface area contributed by atoms with Gasteiger partial charge in [-0.15, -0.1) is 0 Å². The second kappa shape index (κ2) is 9.82. The molecule has 0 unspecified atom stereocenters. The molecular weight excluding hydrogens is 593 g/mol. The van der Waals surface area contributed by atoms with Crippen LogP contribution in [0.5, 0.6) is 0 Å². The molecule has 0 N–H and O–H groups in total. The van der Waals surface area contributed by atoms with Gasteiger partial charge in [-0.05, 0) is 78.2 Å². The molecule has 0 radical (unpaired) electrons. The summed E-state index contributed by atoms with van der Waals surface area (Å²) < 4.78 is 0. The highest BCUT2D eigenvalue weighted by Gasteiger charge is 2.50. The number of benzene rings is 8. The molecular formula is C47H28N2. The summed E-state index contributed by atoms with van der Waals surface area (Å²) in [6.45, 7) is 0. The molecule has 49 heavy (non-hydrogen) atoms. The van der Waals surface area contributed by atoms with Crippen molar-refractivity contribution < 1.29 is 0 Å². The van der Waals surface area contributed by atoms with Crippen LogP contribution in [0, 0.1) is 0 Å². The quantitative estimate of drug-likeness (QED) is 0.184. The van der Waals surface area contributed by atoms with Gasteiger partial charge >= 0.3 is 0 Å². The molecule has 2 aliphatic rings. The van der Waals surface area contributed by atoms with E-state index < -0.39 is 0 Å². The second-order valence-corrected chi connectivity index (χ2v) is 13.3. The Morgan fingerprint density at radius 1 is 0.367 bits per heavy atom. The predicted octanol–water partition coefficient (Wildman–Crippen LogP) is 11.6. The molecule has 0 fully saturated rings. The highest BCUT2D eigenvalue weighted by molar-refractivity contribution is 6.17. The molecule has 0 saturated carbocycles. The van der Waals surface area contributed by atoms with Crippen molar-refractivity contribution in [2.24, 2.45) is 0 Å². The summed E-state index contributed by atoms with van der Waals surface area (Å²) in [6, 6.07) is 61.7. The van der Waals surface area contributed by atoms with Crippen molar-refractivity contribution in [3.63, 3.8) is 0 Å². The lowest BCUT2D eigenvalue weighted by atomic mass is 9.70. The van der Waals surface area contributed by atoms with E-state index in [1.165, 1.54) is 66.1 Å². The molecule has 9 aromatic rings. The van der Waals surface area contributed by atoms with Crippen LogP contribution in [0.2, 0.25) is 0 Å². The fourth-order valence-corrected chi connectivity index (χ4v) is 8.81. The average Bonchev–Trinajstić information content (AvgIpc) is 3.65. The van der Waals surface area contributed by atoms with Crippen molar-refractivity contribution >= 4 is 32.4 Å². The van der Waals surface area contributed by atoms with Crippen LogP contribution in [-0.2, 0) is 5.41 Å². The van der Waals surface area contributed by atoms with Crippen LogP contribution in [0.1, 0.15) is 22.3 Å². The van der Waals surface area contributed by atoms with Crippen LogP contribution in [0.4, 0.5) is 0 Å². The van der Waals surface area contributed by atoms with E-state index in [0.717, 1.165) is 33.5 Å². The molecule has 0 saturated heterocycles. The smallest absolute Gasteiger partial charge is 0.160 e. The molecule has 0 amide bonds. The van der Waals surface area contributed by atoms with Crippen LogP contribution < -0.4 is 0 Å². The summed E-state index contributed by atoms with van der Waals surface area (Å²) in [6.07, 6.45) is 0. The molecule has 2 heteroatoms. The van der Waals surface area contributed by atoms with E-state index in [2.05, 4.69) is 170 Å². The van der Waals surface area contributed by atoms with Crippen LogP contribution in [0.15, 0.2) is 170 Å². The predicted molar refractivity (Wildman–Crippen MR) is 202 cm³/mol. The zero-order valence-corrected chi connectivity index (χ0v) is 26.6. The number of fused-ring (bicyclic) bond motifs is 8. The molecule has 226 valence electrons. The first-order valence-electron chi connectivity index (χ1n) is 16.9. The van der Waals surface area contributed by atoms with Gasteiger partial charge in [0.1, 0.15) is 0 Å². The van der Waals surface area contributed by atoms with E-state index >= 15 is 0 Å². The summed E-state index contributed by atoms with van der Waals surface area (Å²) >= 11 is 0. The minimum Gasteiger partial charge on any atom is -0.228 e. The van der Waals surface area contributed by atoms with Crippen molar-refractivity contribution in [2.75, 3.05) is 0 Å². The summed E-state index contributed by atoms with van der Waals surface area (Å²) in [5.41, 5.74) is 14.0. The number of hydrogen-bond acceptors (Lipinski definition) is 2. The van der Waals surface area contributed by atoms with E-state index in [9.17, 15) is 0 Å². The van der Waals surface area contributed by atoms with Crippen LogP contribution in [0.3, 0.4) is 0 Å². The van der Waals surface area contributed by atoms with Gasteiger partial charge in [-0.2, -0.15) is 0 Å². The maximum atomic E-state index is 5.30. The zero-order chi connectivity index (χ0) is 32.1. The van der Waals surface area contributed by atoms with Crippen LogP contribution in [0.25, 0.3) is 77.3 Å². The minimum atomic E-state index is -0.372. The third-order valence-corrected chi connectivity index (χ3v) is 10.9. The third-order valence-electron chi connectivity index (χ3n) is 10.9. The lowest BCUT2D eigenvalue weighted by Gasteiger charge is -2.30. The Morgan fingerprint density at radius 3 is 1.73 bits per heavy atom. The Labute approximate surface area is 284 Å². The average molecular weight is 621 g/mol. The van der Waals surface area contributed by atoms with E-state index in [-0.39, 0.29) is 5.41 Å². The molecule has 1 aromatic heterocycles. The topological polar surface area (TPSA) is 25.8 Å². The number of hydrogen-bond donors (Lipinski definition) is 0. The van der Waals surface area contributed by atoms with Gasteiger partial charge in [0, 0.05) is 16.5 Å². The second-order valence-electron chi connectivity index (χ2n) is 13.3. The number of para-hydroxylation sites is 1. The number of aromatic nitrogens is 2. The fourth-order valence-electron chi connectivity index (χ4n) is 8.81. The van der Waals surface area contributed by atoms with Gasteiger partial charge in [-0.3, -0.25) is 0 Å². The first kappa shape index (κ1) is 26.7. The molecule has 1 spiro atoms. The summed E-state index contributed by atoms with van der Waals surface area (Å²) in [4.78, 5) is 10.4. The number of nitrogens with zero attached hydrogens (tertiary/aromatic N) is 2. The van der Waals surface area contributed by atoms with Crippen molar-refractivity contribution in [2.45, 2.75) is 5.41 Å². The van der Waals surface area contributed by atoms with Gasteiger partial charge in [0.05, 0.1) is 16.6 Å². The number of rotatable bonds is 3. The first-order valence-corrected chi connectivity index (χ1v) is 16.9. The Bertz CT molecular complexity index is 2750. The molecule has 1 heterocycles. The molecule has 0 aliphatic heterocycles. The van der Waals surface area contributed by atoms with Crippen molar-refractivity contribution in [3.05, 3.63) is 192 Å². The Kier molecular flexibility index (Phi) is 5.34. The van der Waals surface area contributed by atoms with Crippen LogP contribution in [-0.4, -0.2) is 9.97 Å². The summed E-state index contributed by atoms with van der Waals surface area (Å²) in [5.74, 6) is 0.737. The largest absolute Gasteiger partial charge is 0.228 e. The maximum absolute atomic E-state index is 5.30. The zero-order valence-electron chi connectivity index (χ0n) is 26.6. The Morgan fingerprint density at radius 2 is 0.959 bits per heavy atom. The van der Waals surface area contributed by atoms with E-state index in [4.69, 9.17) is 9.97 Å². The molecule has 0 atom stereocenters. The summed E-state index contributed by atoms with van der Waals surface area (Å²) in [7, 11) is 0. The Balaban J connectivity index is 1.12. The SMILES string of the molecule is c1ccc(-c2ccc(-c3nc(-c4ccc5c(c4)-c4ccccc4C54c5cccc6ccc7cccc4c7c56)nc4ccccc34)cc2)cc1. The van der Waals surface area contributed by atoms with E-state index in [1.807, 2.05) is 0 Å². The van der Waals surface area contributed by atoms with Crippen molar-refractivity contribution in [1.82, 2.24) is 9.97 Å². The van der Waals surface area contributed by atoms with Gasteiger partial charge in [0.15, 0.2) is 5.82 Å².